The Morgan fingerprint density at radius 3 is 2.58 bits per heavy atom. The van der Waals surface area contributed by atoms with Gasteiger partial charge in [-0.05, 0) is 54.2 Å². The van der Waals surface area contributed by atoms with E-state index < -0.39 is 0 Å². The van der Waals surface area contributed by atoms with Gasteiger partial charge in [-0.1, -0.05) is 48.5 Å². The van der Waals surface area contributed by atoms with Crippen molar-refractivity contribution in [3.8, 4) is 5.75 Å². The number of nitrogens with two attached hydrogens (primary N) is 1. The number of carbonyl (C=O) groups is 1. The van der Waals surface area contributed by atoms with Crippen LogP contribution in [0.1, 0.15) is 29.9 Å². The van der Waals surface area contributed by atoms with Gasteiger partial charge in [0, 0.05) is 12.6 Å². The number of methoxy groups -OCH3 is 1. The summed E-state index contributed by atoms with van der Waals surface area (Å²) in [6, 6.07) is 18.7. The summed E-state index contributed by atoms with van der Waals surface area (Å²) < 4.78 is 5.52. The highest BCUT2D eigenvalue weighted by Gasteiger charge is 2.48. The van der Waals surface area contributed by atoms with Gasteiger partial charge in [0.25, 0.3) is 0 Å². The molecule has 26 heavy (non-hydrogen) atoms. The van der Waals surface area contributed by atoms with Gasteiger partial charge in [0.05, 0.1) is 7.11 Å². The fourth-order valence-electron chi connectivity index (χ4n) is 5.07. The minimum absolute atomic E-state index is 0.155. The molecule has 2 N–H and O–H groups in total. The first-order valence-corrected chi connectivity index (χ1v) is 9.40. The highest BCUT2D eigenvalue weighted by molar-refractivity contribution is 5.73. The molecule has 1 saturated carbocycles. The molecule has 1 aliphatic carbocycles. The predicted octanol–water partition coefficient (Wildman–Crippen LogP) is 3.81. The van der Waals surface area contributed by atoms with Gasteiger partial charge in [0.1, 0.15) is 5.75 Å². The standard InChI is InChI=1S/C22H26N2O2/c1-26-21-10-6-5-9-16(21)13-20-19-12-17(15-7-3-2-4-8-15)11-18(19)14-24(20)22(23)25/h2-10,17-20H,11-14H2,1H3,(H2,23,25). The summed E-state index contributed by atoms with van der Waals surface area (Å²) in [5.41, 5.74) is 8.29. The third-order valence-electron chi connectivity index (χ3n) is 6.25. The number of benzene rings is 2. The highest BCUT2D eigenvalue weighted by atomic mass is 16.5. The number of hydrogen-bond donors (Lipinski definition) is 1. The van der Waals surface area contributed by atoms with Gasteiger partial charge in [0.15, 0.2) is 0 Å². The van der Waals surface area contributed by atoms with E-state index in [4.69, 9.17) is 10.5 Å². The van der Waals surface area contributed by atoms with Crippen molar-refractivity contribution in [2.75, 3.05) is 13.7 Å². The number of carbonyl (C=O) groups excluding carboxylic acids is 1. The van der Waals surface area contributed by atoms with E-state index in [1.54, 1.807) is 7.11 Å². The van der Waals surface area contributed by atoms with E-state index >= 15 is 0 Å². The average Bonchev–Trinajstić information content (AvgIpc) is 3.22. The van der Waals surface area contributed by atoms with Crippen LogP contribution in [-0.2, 0) is 6.42 Å². The molecule has 0 bridgehead atoms. The third-order valence-corrected chi connectivity index (χ3v) is 6.25. The van der Waals surface area contributed by atoms with Gasteiger partial charge in [-0.2, -0.15) is 0 Å². The number of likely N-dealkylation sites (tertiary alicyclic amines) is 1. The van der Waals surface area contributed by atoms with E-state index in [-0.39, 0.29) is 12.1 Å². The van der Waals surface area contributed by atoms with Crippen molar-refractivity contribution in [1.82, 2.24) is 4.90 Å². The van der Waals surface area contributed by atoms with Crippen LogP contribution >= 0.6 is 0 Å². The molecule has 4 rings (SSSR count). The molecular formula is C22H26N2O2. The van der Waals surface area contributed by atoms with Crippen LogP contribution in [0, 0.1) is 11.8 Å². The number of fused-ring (bicyclic) bond motifs is 1. The van der Waals surface area contributed by atoms with Crippen LogP contribution in [0.4, 0.5) is 4.79 Å². The van der Waals surface area contributed by atoms with Gasteiger partial charge in [0.2, 0.25) is 0 Å². The first-order valence-electron chi connectivity index (χ1n) is 9.40. The quantitative estimate of drug-likeness (QED) is 0.911. The highest BCUT2D eigenvalue weighted by Crippen LogP contribution is 2.49. The molecule has 2 aromatic carbocycles. The van der Waals surface area contributed by atoms with Gasteiger partial charge < -0.3 is 15.4 Å². The number of hydrogen-bond acceptors (Lipinski definition) is 2. The van der Waals surface area contributed by atoms with Gasteiger partial charge in [-0.15, -0.1) is 0 Å². The van der Waals surface area contributed by atoms with Crippen molar-refractivity contribution in [3.05, 3.63) is 65.7 Å². The molecule has 0 radical (unpaired) electrons. The minimum Gasteiger partial charge on any atom is -0.496 e. The molecular weight excluding hydrogens is 324 g/mol. The SMILES string of the molecule is COc1ccccc1CC1C2CC(c3ccccc3)CC2CN1C(N)=O. The third kappa shape index (κ3) is 3.05. The van der Waals surface area contributed by atoms with E-state index in [2.05, 4.69) is 36.4 Å². The van der Waals surface area contributed by atoms with Crippen molar-refractivity contribution in [2.45, 2.75) is 31.2 Å². The first kappa shape index (κ1) is 17.0. The topological polar surface area (TPSA) is 55.6 Å². The number of amides is 2. The van der Waals surface area contributed by atoms with E-state index in [1.165, 1.54) is 5.56 Å². The monoisotopic (exact) mass is 350 g/mol. The Balaban J connectivity index is 1.58. The Bertz CT molecular complexity index is 777. The molecule has 2 aromatic rings. The molecule has 4 nitrogen and oxygen atoms in total. The average molecular weight is 350 g/mol. The van der Waals surface area contributed by atoms with Crippen molar-refractivity contribution in [2.24, 2.45) is 17.6 Å². The number of rotatable bonds is 4. The lowest BCUT2D eigenvalue weighted by atomic mass is 9.89. The van der Waals surface area contributed by atoms with E-state index in [1.807, 2.05) is 23.1 Å². The Morgan fingerprint density at radius 1 is 1.12 bits per heavy atom. The van der Waals surface area contributed by atoms with Crippen molar-refractivity contribution in [1.29, 1.82) is 0 Å². The van der Waals surface area contributed by atoms with Crippen molar-refractivity contribution < 1.29 is 9.53 Å². The summed E-state index contributed by atoms with van der Waals surface area (Å²) in [5.74, 6) is 2.50. The largest absolute Gasteiger partial charge is 0.496 e. The molecule has 4 unspecified atom stereocenters. The molecule has 1 heterocycles. The molecule has 2 amide bonds. The zero-order valence-electron chi connectivity index (χ0n) is 15.2. The molecule has 0 aromatic heterocycles. The first-order chi connectivity index (χ1) is 12.7. The second-order valence-corrected chi connectivity index (χ2v) is 7.58. The van der Waals surface area contributed by atoms with Crippen LogP contribution in [0.3, 0.4) is 0 Å². The Hall–Kier alpha value is -2.49. The summed E-state index contributed by atoms with van der Waals surface area (Å²) in [6.45, 7) is 0.781. The van der Waals surface area contributed by atoms with Crippen LogP contribution < -0.4 is 10.5 Å². The zero-order valence-corrected chi connectivity index (χ0v) is 15.2. The second kappa shape index (κ2) is 7.02. The number of primary amides is 1. The summed E-state index contributed by atoms with van der Waals surface area (Å²) in [4.78, 5) is 13.9. The lowest BCUT2D eigenvalue weighted by molar-refractivity contribution is 0.191. The molecule has 4 atom stereocenters. The predicted molar refractivity (Wildman–Crippen MR) is 102 cm³/mol. The summed E-state index contributed by atoms with van der Waals surface area (Å²) in [7, 11) is 1.70. The number of nitrogens with zero attached hydrogens (tertiary/aromatic N) is 1. The molecule has 2 fully saturated rings. The fourth-order valence-corrected chi connectivity index (χ4v) is 5.07. The lowest BCUT2D eigenvalue weighted by Gasteiger charge is -2.28. The lowest BCUT2D eigenvalue weighted by Crippen LogP contribution is -2.42. The zero-order chi connectivity index (χ0) is 18.1. The Kier molecular flexibility index (Phi) is 4.58. The van der Waals surface area contributed by atoms with E-state index in [9.17, 15) is 4.79 Å². The Morgan fingerprint density at radius 2 is 1.85 bits per heavy atom. The van der Waals surface area contributed by atoms with Crippen LogP contribution in [0.2, 0.25) is 0 Å². The van der Waals surface area contributed by atoms with Gasteiger partial charge in [-0.25, -0.2) is 4.79 Å². The molecule has 4 heteroatoms. The Labute approximate surface area is 155 Å². The fraction of sp³-hybridized carbons (Fsp3) is 0.409. The number of urea groups is 1. The number of ether oxygens (including phenoxy) is 1. The minimum atomic E-state index is -0.296. The number of para-hydroxylation sites is 1. The maximum atomic E-state index is 12.1. The molecule has 0 spiro atoms. The van der Waals surface area contributed by atoms with Crippen LogP contribution in [0.5, 0.6) is 5.75 Å². The molecule has 136 valence electrons. The summed E-state index contributed by atoms with van der Waals surface area (Å²) in [5, 5.41) is 0. The van der Waals surface area contributed by atoms with E-state index in [0.29, 0.717) is 17.8 Å². The summed E-state index contributed by atoms with van der Waals surface area (Å²) >= 11 is 0. The van der Waals surface area contributed by atoms with Crippen molar-refractivity contribution >= 4 is 6.03 Å². The summed E-state index contributed by atoms with van der Waals surface area (Å²) in [6.07, 6.45) is 3.06. The molecule has 1 aliphatic heterocycles. The molecule has 2 aliphatic rings. The molecule has 1 saturated heterocycles. The smallest absolute Gasteiger partial charge is 0.315 e. The van der Waals surface area contributed by atoms with Crippen LogP contribution in [0.25, 0.3) is 0 Å². The van der Waals surface area contributed by atoms with E-state index in [0.717, 1.165) is 37.1 Å². The normalized spacial score (nSPS) is 27.3. The van der Waals surface area contributed by atoms with Gasteiger partial charge >= 0.3 is 6.03 Å². The van der Waals surface area contributed by atoms with Crippen molar-refractivity contribution in [3.63, 3.8) is 0 Å². The van der Waals surface area contributed by atoms with Crippen LogP contribution in [0.15, 0.2) is 54.6 Å². The van der Waals surface area contributed by atoms with Crippen LogP contribution in [-0.4, -0.2) is 30.6 Å². The van der Waals surface area contributed by atoms with Gasteiger partial charge in [-0.3, -0.25) is 0 Å². The second-order valence-electron chi connectivity index (χ2n) is 7.58. The maximum absolute atomic E-state index is 12.1. The maximum Gasteiger partial charge on any atom is 0.315 e.